The Bertz CT molecular complexity index is 2740. The maximum absolute atomic E-state index is 14.6. The van der Waals surface area contributed by atoms with Crippen molar-refractivity contribution in [3.63, 3.8) is 0 Å². The number of nitrogens with zero attached hydrogens (tertiary/aromatic N) is 6. The van der Waals surface area contributed by atoms with E-state index in [1.807, 2.05) is 32.0 Å². The molecule has 0 bridgehead atoms. The third kappa shape index (κ3) is 8.55. The summed E-state index contributed by atoms with van der Waals surface area (Å²) in [4.78, 5) is 87.0. The number of imide groups is 2. The minimum Gasteiger partial charge on any atom is -0.382 e. The van der Waals surface area contributed by atoms with Crippen LogP contribution in [0.4, 0.5) is 20.2 Å². The van der Waals surface area contributed by atoms with Crippen molar-refractivity contribution in [2.75, 3.05) is 56.2 Å². The molecule has 4 aliphatic heterocycles. The fourth-order valence-corrected chi connectivity index (χ4v) is 9.74. The summed E-state index contributed by atoms with van der Waals surface area (Å²) in [6, 6.07) is 12.8. The molecule has 66 heavy (non-hydrogen) atoms. The fourth-order valence-electron chi connectivity index (χ4n) is 9.74. The van der Waals surface area contributed by atoms with E-state index in [0.29, 0.717) is 62.6 Å². The molecule has 3 saturated heterocycles. The van der Waals surface area contributed by atoms with Gasteiger partial charge >= 0.3 is 0 Å². The molecule has 6 amide bonds. The van der Waals surface area contributed by atoms with Gasteiger partial charge in [-0.15, -0.1) is 0 Å². The minimum atomic E-state index is -1.06. The summed E-state index contributed by atoms with van der Waals surface area (Å²) in [7, 11) is 0. The highest BCUT2D eigenvalue weighted by atomic mass is 19.2. The lowest BCUT2D eigenvalue weighted by molar-refractivity contribution is -0.136. The highest BCUT2D eigenvalue weighted by molar-refractivity contribution is 6.25. The molecule has 4 aliphatic rings. The summed E-state index contributed by atoms with van der Waals surface area (Å²) in [5, 5.41) is 12.4. The van der Waals surface area contributed by atoms with Gasteiger partial charge in [-0.1, -0.05) is 17.3 Å². The van der Waals surface area contributed by atoms with E-state index >= 15 is 0 Å². The molecule has 1 unspecified atom stereocenters. The average molecular weight is 906 g/mol. The molecule has 5 aromatic rings. The SMILES string of the molecule is Cc1noc(C)c1-c1ccc2c(c1)nc([C@@H]1CCCC(=O)N1c1ccc(F)c(F)c1)n2C1CCN(CC(=O)NCCOCCNc2cccc3c2C(=O)N(C2CCC(=O)NC2=O)C3=O)CC1. The Labute approximate surface area is 377 Å². The van der Waals surface area contributed by atoms with Crippen LogP contribution in [0.15, 0.2) is 59.1 Å². The van der Waals surface area contributed by atoms with E-state index in [1.54, 1.807) is 17.0 Å². The Kier molecular flexibility index (Phi) is 12.5. The first-order chi connectivity index (χ1) is 31.9. The van der Waals surface area contributed by atoms with Gasteiger partial charge in [0.25, 0.3) is 11.8 Å². The summed E-state index contributed by atoms with van der Waals surface area (Å²) in [6.45, 7) is 6.23. The van der Waals surface area contributed by atoms with Gasteiger partial charge in [-0.3, -0.25) is 43.9 Å². The molecular formula is C47H49F2N9O8. The van der Waals surface area contributed by atoms with Gasteiger partial charge < -0.3 is 29.4 Å². The van der Waals surface area contributed by atoms with Crippen molar-refractivity contribution < 1.29 is 46.8 Å². The number of hydrogen-bond acceptors (Lipinski definition) is 12. The number of fused-ring (bicyclic) bond motifs is 2. The number of hydrogen-bond donors (Lipinski definition) is 3. The third-order valence-electron chi connectivity index (χ3n) is 12.9. The van der Waals surface area contributed by atoms with E-state index in [4.69, 9.17) is 14.2 Å². The normalized spacial score (nSPS) is 19.5. The first-order valence-electron chi connectivity index (χ1n) is 22.3. The second-order valence-electron chi connectivity index (χ2n) is 17.1. The van der Waals surface area contributed by atoms with E-state index in [0.717, 1.165) is 44.9 Å². The maximum atomic E-state index is 14.6. The van der Waals surface area contributed by atoms with Crippen LogP contribution in [-0.4, -0.2) is 112 Å². The number of aryl methyl sites for hydroxylation is 2. The predicted octanol–water partition coefficient (Wildman–Crippen LogP) is 5.13. The second-order valence-corrected chi connectivity index (χ2v) is 17.1. The summed E-state index contributed by atoms with van der Waals surface area (Å²) in [6.07, 6.45) is 2.95. The van der Waals surface area contributed by atoms with Crippen molar-refractivity contribution in [1.29, 1.82) is 0 Å². The highest BCUT2D eigenvalue weighted by Gasteiger charge is 2.46. The molecule has 17 nitrogen and oxygen atoms in total. The number of piperidine rings is 3. The quantitative estimate of drug-likeness (QED) is 0.0982. The largest absolute Gasteiger partial charge is 0.382 e. The van der Waals surface area contributed by atoms with Gasteiger partial charge in [0.2, 0.25) is 23.6 Å². The first-order valence-corrected chi connectivity index (χ1v) is 22.3. The van der Waals surface area contributed by atoms with Crippen LogP contribution in [0.2, 0.25) is 0 Å². The number of halogens is 2. The molecule has 3 fully saturated rings. The van der Waals surface area contributed by atoms with Gasteiger partial charge in [0.1, 0.15) is 17.6 Å². The number of imidazole rings is 1. The van der Waals surface area contributed by atoms with E-state index in [9.17, 15) is 37.5 Å². The van der Waals surface area contributed by atoms with Crippen LogP contribution in [-0.2, 0) is 23.9 Å². The Balaban J connectivity index is 0.799. The van der Waals surface area contributed by atoms with Gasteiger partial charge in [0.05, 0.1) is 53.7 Å². The zero-order chi connectivity index (χ0) is 46.2. The topological polar surface area (TPSA) is 201 Å². The number of benzene rings is 3. The number of likely N-dealkylation sites (tertiary alicyclic amines) is 1. The van der Waals surface area contributed by atoms with E-state index in [-0.39, 0.29) is 80.2 Å². The molecule has 9 rings (SSSR count). The van der Waals surface area contributed by atoms with Gasteiger partial charge in [-0.25, -0.2) is 13.8 Å². The van der Waals surface area contributed by atoms with Crippen LogP contribution in [0.5, 0.6) is 0 Å². The molecule has 0 aliphatic carbocycles. The van der Waals surface area contributed by atoms with Crippen LogP contribution in [0, 0.1) is 25.5 Å². The molecule has 6 heterocycles. The molecule has 0 radical (unpaired) electrons. The van der Waals surface area contributed by atoms with Crippen molar-refractivity contribution in [3.05, 3.63) is 94.6 Å². The Morgan fingerprint density at radius 1 is 0.864 bits per heavy atom. The zero-order valence-corrected chi connectivity index (χ0v) is 36.5. The van der Waals surface area contributed by atoms with Crippen LogP contribution >= 0.6 is 0 Å². The number of rotatable bonds is 14. The number of carbonyl (C=O) groups excluding carboxylic acids is 6. The first kappa shape index (κ1) is 44.3. The molecular weight excluding hydrogens is 857 g/mol. The Morgan fingerprint density at radius 2 is 1.67 bits per heavy atom. The lowest BCUT2D eigenvalue weighted by atomic mass is 9.98. The third-order valence-corrected chi connectivity index (χ3v) is 12.9. The highest BCUT2D eigenvalue weighted by Crippen LogP contribution is 2.41. The van der Waals surface area contributed by atoms with Crippen LogP contribution in [0.25, 0.3) is 22.2 Å². The standard InChI is InChI=1S/C47H49F2N9O8/c1-26-42(27(2)66-54-26)28-9-12-36-35(23-28)52-44(37-7-4-8-41(61)56(37)30-10-11-32(48)33(49)24-30)57(36)29-15-19-55(20-16-29)25-40(60)51-18-22-65-21-17-50-34-6-3-5-31-43(34)47(64)58(46(31)63)38-13-14-39(59)53-45(38)62/h3,5-6,9-12,23-24,29,37-38,50H,4,7-8,13-22,25H2,1-2H3,(H,51,60)(H,53,59,62)/t37-,38?/m0/s1. The number of amides is 6. The number of aromatic nitrogens is 3. The summed E-state index contributed by atoms with van der Waals surface area (Å²) in [5.74, 6) is -3.32. The monoisotopic (exact) mass is 905 g/mol. The van der Waals surface area contributed by atoms with Crippen molar-refractivity contribution in [3.8, 4) is 11.1 Å². The maximum Gasteiger partial charge on any atom is 0.264 e. The predicted molar refractivity (Wildman–Crippen MR) is 235 cm³/mol. The summed E-state index contributed by atoms with van der Waals surface area (Å²) < 4.78 is 42.0. The fraction of sp³-hybridized carbons (Fsp3) is 0.404. The lowest BCUT2D eigenvalue weighted by Gasteiger charge is -2.38. The van der Waals surface area contributed by atoms with Gasteiger partial charge in [0, 0.05) is 68.1 Å². The van der Waals surface area contributed by atoms with Gasteiger partial charge in [-0.05, 0) is 87.9 Å². The van der Waals surface area contributed by atoms with Crippen molar-refractivity contribution in [2.45, 2.75) is 76.9 Å². The number of carbonyl (C=O) groups is 6. The zero-order valence-electron chi connectivity index (χ0n) is 36.5. The van der Waals surface area contributed by atoms with Gasteiger partial charge in [0.15, 0.2) is 11.6 Å². The van der Waals surface area contributed by atoms with Crippen molar-refractivity contribution in [1.82, 2.24) is 35.1 Å². The number of anilines is 2. The Morgan fingerprint density at radius 3 is 2.42 bits per heavy atom. The van der Waals surface area contributed by atoms with Crippen LogP contribution < -0.4 is 20.9 Å². The molecule has 0 spiro atoms. The van der Waals surface area contributed by atoms with Crippen molar-refractivity contribution in [2.24, 2.45) is 0 Å². The molecule has 2 atom stereocenters. The molecule has 2 aromatic heterocycles. The summed E-state index contributed by atoms with van der Waals surface area (Å²) in [5.41, 5.74) is 5.16. The molecule has 3 aromatic carbocycles. The van der Waals surface area contributed by atoms with E-state index in [1.165, 1.54) is 12.1 Å². The number of nitrogens with one attached hydrogen (secondary N) is 3. The minimum absolute atomic E-state index is 0.0279. The van der Waals surface area contributed by atoms with Crippen LogP contribution in [0.1, 0.15) is 95.0 Å². The van der Waals surface area contributed by atoms with Crippen molar-refractivity contribution >= 4 is 57.9 Å². The van der Waals surface area contributed by atoms with Gasteiger partial charge in [-0.2, -0.15) is 0 Å². The lowest BCUT2D eigenvalue weighted by Crippen LogP contribution is -2.54. The number of ether oxygens (including phenoxy) is 1. The van der Waals surface area contributed by atoms with E-state index < -0.39 is 47.3 Å². The summed E-state index contributed by atoms with van der Waals surface area (Å²) >= 11 is 0. The molecule has 344 valence electrons. The molecule has 0 saturated carbocycles. The Hall–Kier alpha value is -6.86. The molecule has 19 heteroatoms. The molecule has 3 N–H and O–H groups in total. The van der Waals surface area contributed by atoms with E-state index in [2.05, 4.69) is 30.6 Å². The average Bonchev–Trinajstić information content (AvgIpc) is 3.93. The van der Waals surface area contributed by atoms with Crippen LogP contribution in [0.3, 0.4) is 0 Å². The smallest absolute Gasteiger partial charge is 0.264 e. The second kappa shape index (κ2) is 18.6.